The Morgan fingerprint density at radius 2 is 2.14 bits per heavy atom. The lowest BCUT2D eigenvalue weighted by Crippen LogP contribution is -2.26. The van der Waals surface area contributed by atoms with Gasteiger partial charge in [0, 0.05) is 22.9 Å². The zero-order valence-corrected chi connectivity index (χ0v) is 13.7. The van der Waals surface area contributed by atoms with Gasteiger partial charge in [0.15, 0.2) is 0 Å². The average Bonchev–Trinajstić information content (AvgIpc) is 2.86. The number of amides is 1. The molecule has 112 valence electrons. The Morgan fingerprint density at radius 1 is 1.38 bits per heavy atom. The summed E-state index contributed by atoms with van der Waals surface area (Å²) in [5.41, 5.74) is 0.768. The molecule has 0 saturated heterocycles. The Morgan fingerprint density at radius 3 is 2.86 bits per heavy atom. The molecule has 1 heterocycles. The largest absolute Gasteiger partial charge is 0.324 e. The van der Waals surface area contributed by atoms with E-state index in [9.17, 15) is 4.79 Å². The van der Waals surface area contributed by atoms with Crippen molar-refractivity contribution in [2.24, 2.45) is 0 Å². The molecule has 0 saturated carbocycles. The van der Waals surface area contributed by atoms with Crippen LogP contribution in [0.2, 0.25) is 0 Å². The molecule has 0 aliphatic carbocycles. The van der Waals surface area contributed by atoms with E-state index in [0.29, 0.717) is 12.6 Å². The minimum absolute atomic E-state index is 0.0781. The minimum atomic E-state index is -0.0781. The van der Waals surface area contributed by atoms with E-state index in [2.05, 4.69) is 45.4 Å². The molecule has 5 nitrogen and oxygen atoms in total. The fourth-order valence-corrected chi connectivity index (χ4v) is 2.24. The van der Waals surface area contributed by atoms with Gasteiger partial charge in [0.25, 0.3) is 0 Å². The summed E-state index contributed by atoms with van der Waals surface area (Å²) in [6.07, 6.45) is 3.53. The van der Waals surface area contributed by atoms with Crippen molar-refractivity contribution in [3.63, 3.8) is 0 Å². The van der Waals surface area contributed by atoms with E-state index in [-0.39, 0.29) is 12.5 Å². The van der Waals surface area contributed by atoms with E-state index in [4.69, 9.17) is 0 Å². The van der Waals surface area contributed by atoms with Gasteiger partial charge in [-0.05, 0) is 28.1 Å². The predicted molar refractivity (Wildman–Crippen MR) is 87.0 cm³/mol. The van der Waals surface area contributed by atoms with Gasteiger partial charge in [-0.2, -0.15) is 0 Å². The van der Waals surface area contributed by atoms with E-state index < -0.39 is 0 Å². The molecule has 21 heavy (non-hydrogen) atoms. The standard InChI is InChI=1S/C15H19BrN4O/c1-11(2)18-9-14-17-7-8-20(14)10-15(21)19-13-6-4-3-5-12(13)16/h3-8,11,18H,9-10H2,1-2H3,(H,19,21). The smallest absolute Gasteiger partial charge is 0.244 e. The van der Waals surface area contributed by atoms with Crippen LogP contribution in [0.15, 0.2) is 41.1 Å². The second-order valence-electron chi connectivity index (χ2n) is 5.03. The summed E-state index contributed by atoms with van der Waals surface area (Å²) < 4.78 is 2.72. The van der Waals surface area contributed by atoms with Crippen molar-refractivity contribution >= 4 is 27.5 Å². The Hall–Kier alpha value is -1.66. The molecule has 0 aliphatic heterocycles. The number of aromatic nitrogens is 2. The molecule has 0 bridgehead atoms. The molecule has 0 spiro atoms. The molecular formula is C15H19BrN4O. The average molecular weight is 351 g/mol. The molecule has 2 N–H and O–H groups in total. The van der Waals surface area contributed by atoms with Gasteiger partial charge in [-0.3, -0.25) is 4.79 Å². The number of hydrogen-bond donors (Lipinski definition) is 2. The highest BCUT2D eigenvalue weighted by molar-refractivity contribution is 9.10. The summed E-state index contributed by atoms with van der Waals surface area (Å²) in [6.45, 7) is 5.04. The van der Waals surface area contributed by atoms with Crippen molar-refractivity contribution in [2.75, 3.05) is 5.32 Å². The van der Waals surface area contributed by atoms with Gasteiger partial charge in [-0.15, -0.1) is 0 Å². The van der Waals surface area contributed by atoms with Crippen LogP contribution < -0.4 is 10.6 Å². The van der Waals surface area contributed by atoms with Gasteiger partial charge in [0.05, 0.1) is 12.2 Å². The number of hydrogen-bond acceptors (Lipinski definition) is 3. The predicted octanol–water partition coefficient (Wildman–Crippen LogP) is 2.78. The molecular weight excluding hydrogens is 332 g/mol. The van der Waals surface area contributed by atoms with Crippen LogP contribution in [0.25, 0.3) is 0 Å². The summed E-state index contributed by atoms with van der Waals surface area (Å²) in [7, 11) is 0. The number of benzene rings is 1. The monoisotopic (exact) mass is 350 g/mol. The number of halogens is 1. The SMILES string of the molecule is CC(C)NCc1nccn1CC(=O)Nc1ccccc1Br. The second-order valence-corrected chi connectivity index (χ2v) is 5.89. The maximum Gasteiger partial charge on any atom is 0.244 e. The van der Waals surface area contributed by atoms with Crippen LogP contribution in [-0.2, 0) is 17.9 Å². The number of nitrogens with one attached hydrogen (secondary N) is 2. The minimum Gasteiger partial charge on any atom is -0.324 e. The third-order valence-corrected chi connectivity index (χ3v) is 3.62. The third kappa shape index (κ3) is 4.68. The van der Waals surface area contributed by atoms with E-state index in [1.165, 1.54) is 0 Å². The molecule has 2 aromatic rings. The summed E-state index contributed by atoms with van der Waals surface area (Å²) in [5.74, 6) is 0.775. The Bertz CT molecular complexity index is 609. The lowest BCUT2D eigenvalue weighted by atomic mass is 10.3. The first-order chi connectivity index (χ1) is 10.1. The molecule has 1 amide bonds. The van der Waals surface area contributed by atoms with Crippen LogP contribution in [0.5, 0.6) is 0 Å². The number of anilines is 1. The fraction of sp³-hybridized carbons (Fsp3) is 0.333. The van der Waals surface area contributed by atoms with Gasteiger partial charge < -0.3 is 15.2 Å². The number of carbonyl (C=O) groups is 1. The summed E-state index contributed by atoms with van der Waals surface area (Å²) in [4.78, 5) is 16.4. The van der Waals surface area contributed by atoms with Crippen LogP contribution in [-0.4, -0.2) is 21.5 Å². The summed E-state index contributed by atoms with van der Waals surface area (Å²) in [6, 6.07) is 7.92. The number of para-hydroxylation sites is 1. The molecule has 0 atom stereocenters. The highest BCUT2D eigenvalue weighted by Gasteiger charge is 2.09. The number of rotatable bonds is 6. The van der Waals surface area contributed by atoms with E-state index >= 15 is 0 Å². The van der Waals surface area contributed by atoms with E-state index in [0.717, 1.165) is 16.0 Å². The third-order valence-electron chi connectivity index (χ3n) is 2.93. The molecule has 0 fully saturated rings. The zero-order valence-electron chi connectivity index (χ0n) is 12.1. The maximum atomic E-state index is 12.1. The first-order valence-corrected chi connectivity index (χ1v) is 7.63. The Kier molecular flexibility index (Phi) is 5.52. The molecule has 6 heteroatoms. The zero-order chi connectivity index (χ0) is 15.2. The van der Waals surface area contributed by atoms with Gasteiger partial charge in [0.1, 0.15) is 12.4 Å². The quantitative estimate of drug-likeness (QED) is 0.841. The van der Waals surface area contributed by atoms with Crippen molar-refractivity contribution < 1.29 is 4.79 Å². The topological polar surface area (TPSA) is 59.0 Å². The summed E-state index contributed by atoms with van der Waals surface area (Å²) >= 11 is 3.41. The van der Waals surface area contributed by atoms with Gasteiger partial charge in [-0.1, -0.05) is 26.0 Å². The van der Waals surface area contributed by atoms with Gasteiger partial charge in [0.2, 0.25) is 5.91 Å². The first-order valence-electron chi connectivity index (χ1n) is 6.84. The maximum absolute atomic E-state index is 12.1. The molecule has 0 unspecified atom stereocenters. The van der Waals surface area contributed by atoms with Crippen LogP contribution in [0.4, 0.5) is 5.69 Å². The second kappa shape index (κ2) is 7.38. The number of imidazole rings is 1. The lowest BCUT2D eigenvalue weighted by Gasteiger charge is -2.11. The van der Waals surface area contributed by atoms with Crippen LogP contribution >= 0.6 is 15.9 Å². The number of nitrogens with zero attached hydrogens (tertiary/aromatic N) is 2. The van der Waals surface area contributed by atoms with Crippen molar-refractivity contribution in [3.8, 4) is 0 Å². The van der Waals surface area contributed by atoms with Crippen LogP contribution in [0.3, 0.4) is 0 Å². The van der Waals surface area contributed by atoms with Crippen molar-refractivity contribution in [1.29, 1.82) is 0 Å². The van der Waals surface area contributed by atoms with Crippen molar-refractivity contribution in [3.05, 3.63) is 47.0 Å². The highest BCUT2D eigenvalue weighted by Crippen LogP contribution is 2.21. The van der Waals surface area contributed by atoms with Crippen LogP contribution in [0, 0.1) is 0 Å². The molecule has 0 aliphatic rings. The molecule has 2 rings (SSSR count). The van der Waals surface area contributed by atoms with Gasteiger partial charge in [-0.25, -0.2) is 4.98 Å². The fourth-order valence-electron chi connectivity index (χ4n) is 1.85. The highest BCUT2D eigenvalue weighted by atomic mass is 79.9. The van der Waals surface area contributed by atoms with Gasteiger partial charge >= 0.3 is 0 Å². The van der Waals surface area contributed by atoms with E-state index in [1.807, 2.05) is 35.0 Å². The Balaban J connectivity index is 1.97. The normalized spacial score (nSPS) is 10.9. The number of carbonyl (C=O) groups excluding carboxylic acids is 1. The molecule has 0 radical (unpaired) electrons. The molecule has 1 aromatic heterocycles. The Labute approximate surface area is 132 Å². The van der Waals surface area contributed by atoms with E-state index in [1.54, 1.807) is 6.20 Å². The lowest BCUT2D eigenvalue weighted by molar-refractivity contribution is -0.116. The first kappa shape index (κ1) is 15.7. The van der Waals surface area contributed by atoms with Crippen molar-refractivity contribution in [1.82, 2.24) is 14.9 Å². The van der Waals surface area contributed by atoms with Crippen LogP contribution in [0.1, 0.15) is 19.7 Å². The van der Waals surface area contributed by atoms with Crippen molar-refractivity contribution in [2.45, 2.75) is 33.0 Å². The summed E-state index contributed by atoms with van der Waals surface area (Å²) in [5, 5.41) is 6.18. The molecule has 1 aromatic carbocycles.